The van der Waals surface area contributed by atoms with Crippen molar-refractivity contribution in [2.75, 3.05) is 13.1 Å². The molecule has 1 aliphatic rings. The molecule has 1 fully saturated rings. The fraction of sp³-hybridized carbons (Fsp3) is 0.562. The van der Waals surface area contributed by atoms with E-state index < -0.39 is 0 Å². The number of carbonyl (C=O) groups excluding carboxylic acids is 1. The standard InChI is InChI=1S/C16H23N5O.2ClH/c1-12(17)7-8-15(22)20-9-4-5-13(11-20)16-19-18-14-6-2-3-10-21(14)16;;/h2-3,6,10,12-13H,4-5,7-9,11,17H2,1H3;2*1H. The van der Waals surface area contributed by atoms with Crippen molar-refractivity contribution < 1.29 is 4.79 Å². The van der Waals surface area contributed by atoms with Crippen molar-refractivity contribution in [3.8, 4) is 0 Å². The lowest BCUT2D eigenvalue weighted by Crippen LogP contribution is -2.40. The molecule has 2 aromatic heterocycles. The molecule has 1 aliphatic heterocycles. The zero-order chi connectivity index (χ0) is 15.5. The summed E-state index contributed by atoms with van der Waals surface area (Å²) < 4.78 is 2.03. The number of likely N-dealkylation sites (tertiary alicyclic amines) is 1. The van der Waals surface area contributed by atoms with E-state index in [-0.39, 0.29) is 42.7 Å². The fourth-order valence-corrected chi connectivity index (χ4v) is 3.06. The van der Waals surface area contributed by atoms with Crippen LogP contribution in [0.15, 0.2) is 24.4 Å². The summed E-state index contributed by atoms with van der Waals surface area (Å²) in [4.78, 5) is 14.3. The molecule has 134 valence electrons. The van der Waals surface area contributed by atoms with Gasteiger partial charge in [0, 0.05) is 37.7 Å². The number of piperidine rings is 1. The number of hydrogen-bond acceptors (Lipinski definition) is 4. The molecule has 8 heteroatoms. The number of aromatic nitrogens is 3. The highest BCUT2D eigenvalue weighted by Gasteiger charge is 2.27. The highest BCUT2D eigenvalue weighted by molar-refractivity contribution is 5.85. The van der Waals surface area contributed by atoms with Crippen molar-refractivity contribution in [2.45, 2.75) is 44.6 Å². The van der Waals surface area contributed by atoms with Gasteiger partial charge >= 0.3 is 0 Å². The van der Waals surface area contributed by atoms with E-state index in [1.807, 2.05) is 40.6 Å². The molecule has 3 heterocycles. The van der Waals surface area contributed by atoms with E-state index in [0.717, 1.165) is 43.8 Å². The Kier molecular flexibility index (Phi) is 7.93. The van der Waals surface area contributed by atoms with Gasteiger partial charge in [0.05, 0.1) is 0 Å². The van der Waals surface area contributed by atoms with Gasteiger partial charge in [-0.2, -0.15) is 0 Å². The summed E-state index contributed by atoms with van der Waals surface area (Å²) in [6, 6.07) is 5.96. The van der Waals surface area contributed by atoms with Gasteiger partial charge in [-0.3, -0.25) is 9.20 Å². The van der Waals surface area contributed by atoms with Crippen molar-refractivity contribution in [1.29, 1.82) is 0 Å². The normalized spacial score (nSPS) is 18.6. The Bertz CT molecular complexity index is 661. The molecule has 24 heavy (non-hydrogen) atoms. The smallest absolute Gasteiger partial charge is 0.222 e. The Morgan fingerprint density at radius 3 is 2.92 bits per heavy atom. The minimum atomic E-state index is 0. The average molecular weight is 374 g/mol. The number of pyridine rings is 1. The Balaban J connectivity index is 0.00000144. The Morgan fingerprint density at radius 1 is 1.38 bits per heavy atom. The van der Waals surface area contributed by atoms with Gasteiger partial charge in [-0.05, 0) is 38.3 Å². The molecule has 2 atom stereocenters. The van der Waals surface area contributed by atoms with Crippen molar-refractivity contribution in [3.63, 3.8) is 0 Å². The molecular weight excluding hydrogens is 349 g/mol. The largest absolute Gasteiger partial charge is 0.342 e. The van der Waals surface area contributed by atoms with Gasteiger partial charge in [0.25, 0.3) is 0 Å². The Labute approximate surface area is 154 Å². The molecule has 2 unspecified atom stereocenters. The summed E-state index contributed by atoms with van der Waals surface area (Å²) in [5.41, 5.74) is 6.60. The van der Waals surface area contributed by atoms with Crippen LogP contribution < -0.4 is 5.73 Å². The van der Waals surface area contributed by atoms with E-state index in [2.05, 4.69) is 10.2 Å². The summed E-state index contributed by atoms with van der Waals surface area (Å²) in [5, 5.41) is 8.56. The molecule has 6 nitrogen and oxygen atoms in total. The number of rotatable bonds is 4. The Hall–Kier alpha value is -1.37. The van der Waals surface area contributed by atoms with Crippen LogP contribution in [-0.2, 0) is 4.79 Å². The molecule has 0 aromatic carbocycles. The lowest BCUT2D eigenvalue weighted by molar-refractivity contribution is -0.132. The molecule has 0 saturated carbocycles. The quantitative estimate of drug-likeness (QED) is 0.892. The third kappa shape index (κ3) is 4.59. The van der Waals surface area contributed by atoms with E-state index in [0.29, 0.717) is 6.42 Å². The molecule has 2 aromatic rings. The van der Waals surface area contributed by atoms with Crippen LogP contribution in [0.3, 0.4) is 0 Å². The minimum absolute atomic E-state index is 0. The first-order valence-corrected chi connectivity index (χ1v) is 7.98. The molecule has 1 saturated heterocycles. The van der Waals surface area contributed by atoms with Crippen LogP contribution in [0.1, 0.15) is 44.3 Å². The van der Waals surface area contributed by atoms with Gasteiger partial charge in [-0.25, -0.2) is 0 Å². The Morgan fingerprint density at radius 2 is 2.17 bits per heavy atom. The van der Waals surface area contributed by atoms with Gasteiger partial charge in [0.2, 0.25) is 5.91 Å². The van der Waals surface area contributed by atoms with Gasteiger partial charge in [-0.1, -0.05) is 6.07 Å². The van der Waals surface area contributed by atoms with Crippen LogP contribution in [-0.4, -0.2) is 44.5 Å². The molecular formula is C16H25Cl2N5O. The number of amides is 1. The first-order chi connectivity index (χ1) is 10.6. The zero-order valence-electron chi connectivity index (χ0n) is 13.8. The van der Waals surface area contributed by atoms with E-state index >= 15 is 0 Å². The van der Waals surface area contributed by atoms with Crippen molar-refractivity contribution >= 4 is 36.4 Å². The molecule has 0 aliphatic carbocycles. The first-order valence-electron chi connectivity index (χ1n) is 7.98. The predicted octanol–water partition coefficient (Wildman–Crippen LogP) is 2.41. The van der Waals surface area contributed by atoms with Crippen LogP contribution in [0.4, 0.5) is 0 Å². The highest BCUT2D eigenvalue weighted by Crippen LogP contribution is 2.26. The van der Waals surface area contributed by atoms with Crippen LogP contribution >= 0.6 is 24.8 Å². The number of fused-ring (bicyclic) bond motifs is 1. The van der Waals surface area contributed by atoms with Gasteiger partial charge in [0.15, 0.2) is 5.65 Å². The van der Waals surface area contributed by atoms with Gasteiger partial charge < -0.3 is 10.6 Å². The molecule has 0 spiro atoms. The zero-order valence-corrected chi connectivity index (χ0v) is 15.4. The number of hydrogen-bond donors (Lipinski definition) is 1. The second-order valence-electron chi connectivity index (χ2n) is 6.18. The van der Waals surface area contributed by atoms with Gasteiger partial charge in [0.1, 0.15) is 5.82 Å². The summed E-state index contributed by atoms with van der Waals surface area (Å²) in [6.07, 6.45) is 5.32. The predicted molar refractivity (Wildman–Crippen MR) is 98.9 cm³/mol. The number of carbonyl (C=O) groups is 1. The van der Waals surface area contributed by atoms with E-state index in [1.54, 1.807) is 0 Å². The average Bonchev–Trinajstić information content (AvgIpc) is 2.96. The number of nitrogens with zero attached hydrogens (tertiary/aromatic N) is 4. The second kappa shape index (κ2) is 9.20. The maximum absolute atomic E-state index is 12.3. The molecule has 0 radical (unpaired) electrons. The van der Waals surface area contributed by atoms with Gasteiger partial charge in [-0.15, -0.1) is 35.0 Å². The van der Waals surface area contributed by atoms with Crippen LogP contribution in [0.25, 0.3) is 5.65 Å². The van der Waals surface area contributed by atoms with Crippen LogP contribution in [0.5, 0.6) is 0 Å². The third-order valence-corrected chi connectivity index (χ3v) is 4.29. The lowest BCUT2D eigenvalue weighted by atomic mass is 9.96. The molecule has 3 rings (SSSR count). The summed E-state index contributed by atoms with van der Waals surface area (Å²) in [7, 11) is 0. The molecule has 1 amide bonds. The maximum Gasteiger partial charge on any atom is 0.222 e. The summed E-state index contributed by atoms with van der Waals surface area (Å²) >= 11 is 0. The molecule has 0 bridgehead atoms. The van der Waals surface area contributed by atoms with E-state index in [9.17, 15) is 4.79 Å². The number of halogens is 2. The first kappa shape index (κ1) is 20.7. The topological polar surface area (TPSA) is 76.5 Å². The molecule has 2 N–H and O–H groups in total. The second-order valence-corrected chi connectivity index (χ2v) is 6.18. The van der Waals surface area contributed by atoms with Crippen molar-refractivity contribution in [3.05, 3.63) is 30.2 Å². The van der Waals surface area contributed by atoms with Crippen LogP contribution in [0.2, 0.25) is 0 Å². The third-order valence-electron chi connectivity index (χ3n) is 4.29. The SMILES string of the molecule is CC(N)CCC(=O)N1CCCC(c2nnc3ccccn23)C1.Cl.Cl. The summed E-state index contributed by atoms with van der Waals surface area (Å²) in [5.74, 6) is 1.42. The minimum Gasteiger partial charge on any atom is -0.342 e. The van der Waals surface area contributed by atoms with Crippen molar-refractivity contribution in [2.24, 2.45) is 5.73 Å². The number of nitrogens with two attached hydrogens (primary N) is 1. The maximum atomic E-state index is 12.3. The highest BCUT2D eigenvalue weighted by atomic mass is 35.5. The van der Waals surface area contributed by atoms with E-state index in [4.69, 9.17) is 5.73 Å². The lowest BCUT2D eigenvalue weighted by Gasteiger charge is -2.32. The van der Waals surface area contributed by atoms with Crippen molar-refractivity contribution in [1.82, 2.24) is 19.5 Å². The monoisotopic (exact) mass is 373 g/mol. The van der Waals surface area contributed by atoms with E-state index in [1.165, 1.54) is 0 Å². The summed E-state index contributed by atoms with van der Waals surface area (Å²) in [6.45, 7) is 3.51. The van der Waals surface area contributed by atoms with Crippen LogP contribution in [0, 0.1) is 0 Å². The fourth-order valence-electron chi connectivity index (χ4n) is 3.06.